The topological polar surface area (TPSA) is 90.4 Å². The Labute approximate surface area is 165 Å². The Balaban J connectivity index is 1.93. The van der Waals surface area contributed by atoms with Crippen LogP contribution in [0.1, 0.15) is 26.3 Å². The molecule has 0 unspecified atom stereocenters. The maximum absolute atomic E-state index is 5.91. The number of methoxy groups -OCH3 is 1. The Hall–Kier alpha value is -3.35. The molecule has 0 aliphatic carbocycles. The van der Waals surface area contributed by atoms with Crippen LogP contribution in [-0.4, -0.2) is 33.9 Å². The Bertz CT molecular complexity index is 1030. The van der Waals surface area contributed by atoms with Gasteiger partial charge >= 0.3 is 0 Å². The van der Waals surface area contributed by atoms with Gasteiger partial charge in [0.05, 0.1) is 25.7 Å². The van der Waals surface area contributed by atoms with Crippen molar-refractivity contribution in [1.29, 1.82) is 0 Å². The summed E-state index contributed by atoms with van der Waals surface area (Å²) in [4.78, 5) is 13.2. The van der Waals surface area contributed by atoms with E-state index in [0.29, 0.717) is 18.9 Å². The maximum atomic E-state index is 5.91. The number of fused-ring (bicyclic) bond motifs is 1. The molecule has 0 amide bonds. The van der Waals surface area contributed by atoms with Crippen LogP contribution in [0.4, 0.5) is 11.8 Å². The number of aliphatic imine (C=N–C) groups is 1. The van der Waals surface area contributed by atoms with Crippen molar-refractivity contribution in [3.05, 3.63) is 53.9 Å². The summed E-state index contributed by atoms with van der Waals surface area (Å²) in [7, 11) is 1.68. The summed E-state index contributed by atoms with van der Waals surface area (Å²) < 4.78 is 7.57. The highest BCUT2D eigenvalue weighted by Gasteiger charge is 2.13. The average Bonchev–Trinajstić information content (AvgIpc) is 3.07. The van der Waals surface area contributed by atoms with Crippen LogP contribution in [0, 0.1) is 0 Å². The molecule has 0 atom stereocenters. The summed E-state index contributed by atoms with van der Waals surface area (Å²) in [6.45, 7) is 7.21. The minimum absolute atomic E-state index is 0.240. The zero-order valence-corrected chi connectivity index (χ0v) is 16.7. The molecular formula is C21H26N6O. The smallest absolute Gasteiger partial charge is 0.222 e. The molecule has 28 heavy (non-hydrogen) atoms. The monoisotopic (exact) mass is 378 g/mol. The zero-order valence-electron chi connectivity index (χ0n) is 16.7. The third-order valence-electron chi connectivity index (χ3n) is 4.22. The van der Waals surface area contributed by atoms with Crippen molar-refractivity contribution in [2.75, 3.05) is 24.7 Å². The molecule has 0 spiro atoms. The van der Waals surface area contributed by atoms with Gasteiger partial charge in [0.25, 0.3) is 0 Å². The van der Waals surface area contributed by atoms with Crippen molar-refractivity contribution in [3.63, 3.8) is 0 Å². The van der Waals surface area contributed by atoms with Crippen LogP contribution in [0.25, 0.3) is 11.0 Å². The Morgan fingerprint density at radius 2 is 2.00 bits per heavy atom. The number of aromatic nitrogens is 3. The molecule has 0 saturated carbocycles. The van der Waals surface area contributed by atoms with Gasteiger partial charge in [-0.1, -0.05) is 23.8 Å². The van der Waals surface area contributed by atoms with E-state index in [-0.39, 0.29) is 5.95 Å². The van der Waals surface area contributed by atoms with Gasteiger partial charge in [0.15, 0.2) is 5.82 Å². The molecule has 3 N–H and O–H groups in total. The molecule has 146 valence electrons. The molecule has 0 aliphatic rings. The average molecular weight is 378 g/mol. The lowest BCUT2D eigenvalue weighted by Crippen LogP contribution is -2.14. The van der Waals surface area contributed by atoms with Crippen molar-refractivity contribution < 1.29 is 4.74 Å². The summed E-state index contributed by atoms with van der Waals surface area (Å²) in [5.74, 6) is 1.78. The van der Waals surface area contributed by atoms with Gasteiger partial charge in [-0.05, 0) is 32.9 Å². The SMILES string of the molecule is COc1ccccc1Cn1ccc2nc(N)nc(NC/C(C)=N/C=C(C)C)c21. The number of allylic oxidation sites excluding steroid dienone is 1. The van der Waals surface area contributed by atoms with Crippen LogP contribution in [0.2, 0.25) is 0 Å². The van der Waals surface area contributed by atoms with Gasteiger partial charge in [-0.3, -0.25) is 4.99 Å². The standard InChI is InChI=1S/C21H26N6O/c1-14(2)11-23-15(3)12-24-20-19-17(25-21(22)26-20)9-10-27(19)13-16-7-5-6-8-18(16)28-4/h5-11H,12-13H2,1-4H3,(H3,22,24,25,26)/b23-15+. The molecule has 0 bridgehead atoms. The molecule has 0 aliphatic heterocycles. The molecule has 0 saturated heterocycles. The first kappa shape index (κ1) is 19.4. The second-order valence-electron chi connectivity index (χ2n) is 6.84. The maximum Gasteiger partial charge on any atom is 0.222 e. The fourth-order valence-electron chi connectivity index (χ4n) is 2.89. The number of nitrogens with two attached hydrogens (primary N) is 1. The van der Waals surface area contributed by atoms with Gasteiger partial charge in [0, 0.05) is 23.7 Å². The van der Waals surface area contributed by atoms with Gasteiger partial charge in [-0.25, -0.2) is 4.98 Å². The van der Waals surface area contributed by atoms with Crippen molar-refractivity contribution in [2.24, 2.45) is 4.99 Å². The number of nitrogen functional groups attached to an aromatic ring is 1. The molecule has 2 aromatic heterocycles. The molecule has 0 radical (unpaired) electrons. The Morgan fingerprint density at radius 1 is 1.21 bits per heavy atom. The van der Waals surface area contributed by atoms with Crippen LogP contribution in [0.15, 0.2) is 53.3 Å². The van der Waals surface area contributed by atoms with Gasteiger partial charge in [-0.15, -0.1) is 0 Å². The lowest BCUT2D eigenvalue weighted by molar-refractivity contribution is 0.408. The van der Waals surface area contributed by atoms with Crippen molar-refractivity contribution in [2.45, 2.75) is 27.3 Å². The van der Waals surface area contributed by atoms with E-state index in [9.17, 15) is 0 Å². The third-order valence-corrected chi connectivity index (χ3v) is 4.22. The molecule has 1 aromatic carbocycles. The summed E-state index contributed by atoms with van der Waals surface area (Å²) in [6, 6.07) is 9.91. The van der Waals surface area contributed by atoms with Gasteiger partial charge in [-0.2, -0.15) is 4.98 Å². The van der Waals surface area contributed by atoms with E-state index < -0.39 is 0 Å². The summed E-state index contributed by atoms with van der Waals surface area (Å²) in [5.41, 5.74) is 10.8. The molecule has 7 nitrogen and oxygen atoms in total. The molecule has 3 aromatic rings. The fourth-order valence-corrected chi connectivity index (χ4v) is 2.89. The molecule has 3 rings (SSSR count). The number of anilines is 2. The molecule has 7 heteroatoms. The largest absolute Gasteiger partial charge is 0.496 e. The second kappa shape index (κ2) is 8.56. The number of benzene rings is 1. The van der Waals surface area contributed by atoms with Crippen LogP contribution < -0.4 is 15.8 Å². The van der Waals surface area contributed by atoms with E-state index in [1.807, 2.05) is 63.5 Å². The zero-order chi connectivity index (χ0) is 20.1. The van der Waals surface area contributed by atoms with E-state index in [0.717, 1.165) is 33.6 Å². The normalized spacial score (nSPS) is 11.5. The number of ether oxygens (including phenoxy) is 1. The third kappa shape index (κ3) is 4.49. The Kier molecular flexibility index (Phi) is 5.93. The van der Waals surface area contributed by atoms with Gasteiger partial charge in [0.1, 0.15) is 11.3 Å². The molecule has 0 fully saturated rings. The minimum atomic E-state index is 0.240. The summed E-state index contributed by atoms with van der Waals surface area (Å²) in [6.07, 6.45) is 3.84. The highest BCUT2D eigenvalue weighted by atomic mass is 16.5. The van der Waals surface area contributed by atoms with E-state index in [1.165, 1.54) is 0 Å². The van der Waals surface area contributed by atoms with Crippen LogP contribution in [-0.2, 0) is 6.54 Å². The van der Waals surface area contributed by atoms with Gasteiger partial charge in [0.2, 0.25) is 5.95 Å². The first-order valence-electron chi connectivity index (χ1n) is 9.12. The second-order valence-corrected chi connectivity index (χ2v) is 6.84. The quantitative estimate of drug-likeness (QED) is 0.609. The van der Waals surface area contributed by atoms with Gasteiger partial charge < -0.3 is 20.4 Å². The highest BCUT2D eigenvalue weighted by Crippen LogP contribution is 2.26. The minimum Gasteiger partial charge on any atom is -0.496 e. The predicted octanol–water partition coefficient (Wildman–Crippen LogP) is 3.87. The van der Waals surface area contributed by atoms with Crippen molar-refractivity contribution >= 4 is 28.5 Å². The van der Waals surface area contributed by atoms with Crippen LogP contribution >= 0.6 is 0 Å². The number of hydrogen-bond acceptors (Lipinski definition) is 6. The number of hydrogen-bond donors (Lipinski definition) is 2. The van der Waals surface area contributed by atoms with E-state index in [2.05, 4.69) is 24.8 Å². The van der Waals surface area contributed by atoms with Crippen molar-refractivity contribution in [3.8, 4) is 5.75 Å². The molecular weight excluding hydrogens is 352 g/mol. The van der Waals surface area contributed by atoms with Crippen molar-refractivity contribution in [1.82, 2.24) is 14.5 Å². The fraction of sp³-hybridized carbons (Fsp3) is 0.286. The van der Waals surface area contributed by atoms with Crippen LogP contribution in [0.3, 0.4) is 0 Å². The Morgan fingerprint density at radius 3 is 2.75 bits per heavy atom. The van der Waals surface area contributed by atoms with E-state index in [1.54, 1.807) is 7.11 Å². The summed E-state index contributed by atoms with van der Waals surface area (Å²) in [5, 5.41) is 3.35. The predicted molar refractivity (Wildman–Crippen MR) is 115 cm³/mol. The first-order chi connectivity index (χ1) is 13.5. The lowest BCUT2D eigenvalue weighted by Gasteiger charge is -2.13. The number of nitrogens with one attached hydrogen (secondary N) is 1. The van der Waals surface area contributed by atoms with E-state index in [4.69, 9.17) is 10.5 Å². The first-order valence-corrected chi connectivity index (χ1v) is 9.12. The highest BCUT2D eigenvalue weighted by molar-refractivity contribution is 5.91. The van der Waals surface area contributed by atoms with Crippen LogP contribution in [0.5, 0.6) is 5.75 Å². The molecule has 2 heterocycles. The van der Waals surface area contributed by atoms with E-state index >= 15 is 0 Å². The number of para-hydroxylation sites is 1. The number of rotatable bonds is 7. The summed E-state index contributed by atoms with van der Waals surface area (Å²) >= 11 is 0. The lowest BCUT2D eigenvalue weighted by atomic mass is 10.2. The number of nitrogens with zero attached hydrogens (tertiary/aromatic N) is 4.